The van der Waals surface area contributed by atoms with Gasteiger partial charge in [-0.3, -0.25) is 13.9 Å². The minimum absolute atomic E-state index is 0.0169. The summed E-state index contributed by atoms with van der Waals surface area (Å²) in [5, 5.41) is 3.24. The van der Waals surface area contributed by atoms with E-state index in [4.69, 9.17) is 16.3 Å². The molecule has 0 bridgehead atoms. The van der Waals surface area contributed by atoms with Gasteiger partial charge in [0.25, 0.3) is 10.0 Å². The Morgan fingerprint density at radius 2 is 1.63 bits per heavy atom. The van der Waals surface area contributed by atoms with Gasteiger partial charge in [0.2, 0.25) is 11.8 Å². The zero-order valence-electron chi connectivity index (χ0n) is 23.3. The second kappa shape index (κ2) is 14.8. The largest absolute Gasteiger partial charge is 0.494 e. The second-order valence-corrected chi connectivity index (χ2v) is 11.5. The normalized spacial score (nSPS) is 11.9. The first-order valence-corrected chi connectivity index (χ1v) is 15.3. The average molecular weight is 604 g/mol. The highest BCUT2D eigenvalue weighted by Crippen LogP contribution is 2.27. The van der Waals surface area contributed by atoms with Gasteiger partial charge in [-0.1, -0.05) is 43.6 Å². The van der Waals surface area contributed by atoms with E-state index in [9.17, 15) is 22.4 Å². The summed E-state index contributed by atoms with van der Waals surface area (Å²) in [6.07, 6.45) is 0.993. The Kier molecular flexibility index (Phi) is 11.5. The first kappa shape index (κ1) is 31.9. The van der Waals surface area contributed by atoms with Crippen LogP contribution in [0.15, 0.2) is 77.7 Å². The fourth-order valence-electron chi connectivity index (χ4n) is 4.23. The third-order valence-corrected chi connectivity index (χ3v) is 8.51. The first-order valence-electron chi connectivity index (χ1n) is 13.4. The molecule has 0 saturated carbocycles. The molecule has 3 aromatic carbocycles. The van der Waals surface area contributed by atoms with Crippen LogP contribution in [-0.2, 0) is 26.2 Å². The minimum Gasteiger partial charge on any atom is -0.494 e. The van der Waals surface area contributed by atoms with Crippen molar-refractivity contribution in [1.82, 2.24) is 10.2 Å². The molecule has 1 atom stereocenters. The van der Waals surface area contributed by atoms with E-state index in [2.05, 4.69) is 5.32 Å². The Bertz CT molecular complexity index is 1420. The number of carbonyl (C=O) groups excluding carboxylic acids is 2. The summed E-state index contributed by atoms with van der Waals surface area (Å²) in [7, 11) is -4.29. The van der Waals surface area contributed by atoms with Crippen LogP contribution in [0.4, 0.5) is 10.1 Å². The quantitative estimate of drug-likeness (QED) is 0.266. The molecule has 41 heavy (non-hydrogen) atoms. The molecule has 0 aliphatic rings. The highest BCUT2D eigenvalue weighted by Gasteiger charge is 2.34. The van der Waals surface area contributed by atoms with E-state index in [0.717, 1.165) is 16.4 Å². The summed E-state index contributed by atoms with van der Waals surface area (Å²) in [5.74, 6) is -1.04. The monoisotopic (exact) mass is 603 g/mol. The van der Waals surface area contributed by atoms with Crippen LogP contribution in [0, 0.1) is 5.82 Å². The van der Waals surface area contributed by atoms with E-state index in [-0.39, 0.29) is 29.5 Å². The van der Waals surface area contributed by atoms with Gasteiger partial charge in [-0.05, 0) is 79.9 Å². The number of carbonyl (C=O) groups is 2. The first-order chi connectivity index (χ1) is 19.6. The van der Waals surface area contributed by atoms with Gasteiger partial charge in [0.15, 0.2) is 0 Å². The Morgan fingerprint density at radius 3 is 2.22 bits per heavy atom. The number of sulfonamides is 1. The fourth-order valence-corrected chi connectivity index (χ4v) is 5.84. The van der Waals surface area contributed by atoms with Crippen LogP contribution < -0.4 is 14.4 Å². The lowest BCUT2D eigenvalue weighted by molar-refractivity contribution is -0.140. The fraction of sp³-hybridized carbons (Fsp3) is 0.333. The predicted octanol–water partition coefficient (Wildman–Crippen LogP) is 5.41. The highest BCUT2D eigenvalue weighted by molar-refractivity contribution is 7.92. The smallest absolute Gasteiger partial charge is 0.264 e. The van der Waals surface area contributed by atoms with Crippen LogP contribution in [0.3, 0.4) is 0 Å². The van der Waals surface area contributed by atoms with Crippen molar-refractivity contribution in [2.45, 2.75) is 51.1 Å². The zero-order chi connectivity index (χ0) is 30.0. The number of nitrogens with one attached hydrogen (secondary N) is 1. The molecule has 0 aliphatic heterocycles. The molecule has 0 saturated heterocycles. The molecule has 3 rings (SSSR count). The van der Waals surface area contributed by atoms with Crippen molar-refractivity contribution in [2.75, 3.05) is 24.0 Å². The van der Waals surface area contributed by atoms with E-state index < -0.39 is 34.3 Å². The number of anilines is 1. The number of rotatable bonds is 14. The van der Waals surface area contributed by atoms with Gasteiger partial charge in [-0.15, -0.1) is 0 Å². The van der Waals surface area contributed by atoms with E-state index in [1.165, 1.54) is 41.3 Å². The van der Waals surface area contributed by atoms with E-state index in [1.807, 2.05) is 13.8 Å². The average Bonchev–Trinajstić information content (AvgIpc) is 2.96. The van der Waals surface area contributed by atoms with Gasteiger partial charge in [-0.25, -0.2) is 12.8 Å². The van der Waals surface area contributed by atoms with Gasteiger partial charge in [0.1, 0.15) is 24.2 Å². The third-order valence-electron chi connectivity index (χ3n) is 6.35. The molecule has 0 fully saturated rings. The molecule has 2 amide bonds. The van der Waals surface area contributed by atoms with Crippen molar-refractivity contribution in [1.29, 1.82) is 0 Å². The molecular weight excluding hydrogens is 569 g/mol. The van der Waals surface area contributed by atoms with Crippen LogP contribution in [0.2, 0.25) is 5.02 Å². The number of nitrogens with zero attached hydrogens (tertiary/aromatic N) is 2. The number of hydrogen-bond acceptors (Lipinski definition) is 5. The maximum Gasteiger partial charge on any atom is 0.264 e. The molecular formula is C30H35ClFN3O5S. The molecule has 8 nitrogen and oxygen atoms in total. The van der Waals surface area contributed by atoms with Gasteiger partial charge in [0, 0.05) is 18.1 Å². The molecule has 1 N–H and O–H groups in total. The van der Waals surface area contributed by atoms with E-state index >= 15 is 0 Å². The lowest BCUT2D eigenvalue weighted by atomic mass is 10.1. The molecule has 1 unspecified atom stereocenters. The lowest BCUT2D eigenvalue weighted by Gasteiger charge is -2.33. The van der Waals surface area contributed by atoms with Crippen molar-refractivity contribution in [3.8, 4) is 5.75 Å². The number of amides is 2. The molecule has 3 aromatic rings. The van der Waals surface area contributed by atoms with E-state index in [1.54, 1.807) is 31.2 Å². The standard InChI is InChI=1S/C30H35ClFN3O5S/c1-4-19-33-30(37)28(5-2)34(20-22-9-7-8-10-27(22)31)29(36)21-35(24-13-11-23(32)12-14-24)41(38,39)26-17-15-25(16-18-26)40-6-3/h7-18,28H,4-6,19-21H2,1-3H3,(H,33,37). The van der Waals surface area contributed by atoms with Gasteiger partial charge in [-0.2, -0.15) is 0 Å². The maximum absolute atomic E-state index is 14.0. The summed E-state index contributed by atoms with van der Waals surface area (Å²) in [5.41, 5.74) is 0.696. The van der Waals surface area contributed by atoms with Crippen LogP contribution in [0.1, 0.15) is 39.2 Å². The van der Waals surface area contributed by atoms with Crippen molar-refractivity contribution < 1.29 is 27.1 Å². The molecule has 0 aromatic heterocycles. The van der Waals surface area contributed by atoms with Crippen molar-refractivity contribution in [3.05, 3.63) is 89.2 Å². The molecule has 0 radical (unpaired) electrons. The topological polar surface area (TPSA) is 96.0 Å². The molecule has 11 heteroatoms. The minimum atomic E-state index is -4.29. The van der Waals surface area contributed by atoms with Crippen molar-refractivity contribution in [3.63, 3.8) is 0 Å². The molecule has 0 heterocycles. The SMILES string of the molecule is CCCNC(=O)C(CC)N(Cc1ccccc1Cl)C(=O)CN(c1ccc(F)cc1)S(=O)(=O)c1ccc(OCC)cc1. The van der Waals surface area contributed by atoms with Crippen molar-refractivity contribution in [2.24, 2.45) is 0 Å². The Hall–Kier alpha value is -3.63. The van der Waals surface area contributed by atoms with Crippen LogP contribution >= 0.6 is 11.6 Å². The van der Waals surface area contributed by atoms with Crippen LogP contribution in [-0.4, -0.2) is 50.9 Å². The number of ether oxygens (including phenoxy) is 1. The van der Waals surface area contributed by atoms with E-state index in [0.29, 0.717) is 35.9 Å². The molecule has 220 valence electrons. The number of hydrogen-bond donors (Lipinski definition) is 1. The zero-order valence-corrected chi connectivity index (χ0v) is 24.9. The van der Waals surface area contributed by atoms with Crippen LogP contribution in [0.25, 0.3) is 0 Å². The summed E-state index contributed by atoms with van der Waals surface area (Å²) < 4.78 is 47.9. The number of benzene rings is 3. The molecule has 0 spiro atoms. The maximum atomic E-state index is 14.0. The van der Waals surface area contributed by atoms with Gasteiger partial charge in [0.05, 0.1) is 17.2 Å². The predicted molar refractivity (Wildman–Crippen MR) is 158 cm³/mol. The van der Waals surface area contributed by atoms with Gasteiger partial charge >= 0.3 is 0 Å². The third kappa shape index (κ3) is 8.20. The second-order valence-electron chi connectivity index (χ2n) is 9.22. The van der Waals surface area contributed by atoms with Crippen LogP contribution in [0.5, 0.6) is 5.75 Å². The summed E-state index contributed by atoms with van der Waals surface area (Å²) >= 11 is 6.40. The summed E-state index contributed by atoms with van der Waals surface area (Å²) in [6.45, 7) is 5.69. The lowest BCUT2D eigenvalue weighted by Crippen LogP contribution is -2.52. The molecule has 0 aliphatic carbocycles. The Morgan fingerprint density at radius 1 is 0.976 bits per heavy atom. The summed E-state index contributed by atoms with van der Waals surface area (Å²) in [6, 6.07) is 16.7. The Labute approximate surface area is 246 Å². The summed E-state index contributed by atoms with van der Waals surface area (Å²) in [4.78, 5) is 28.4. The van der Waals surface area contributed by atoms with Crippen molar-refractivity contribution >= 4 is 39.1 Å². The Balaban J connectivity index is 2.05. The van der Waals surface area contributed by atoms with Gasteiger partial charge < -0.3 is 15.0 Å². The highest BCUT2D eigenvalue weighted by atomic mass is 35.5. The number of halogens is 2.